The molecule has 0 radical (unpaired) electrons. The van der Waals surface area contributed by atoms with Crippen LogP contribution in [0.3, 0.4) is 0 Å². The van der Waals surface area contributed by atoms with Crippen molar-refractivity contribution in [3.05, 3.63) is 58.9 Å². The number of rotatable bonds is 5. The van der Waals surface area contributed by atoms with Crippen LogP contribution < -0.4 is 16.4 Å². The summed E-state index contributed by atoms with van der Waals surface area (Å²) in [7, 11) is 0. The summed E-state index contributed by atoms with van der Waals surface area (Å²) in [6.45, 7) is -0.259. The minimum Gasteiger partial charge on any atom is -0.368 e. The molecule has 0 atom stereocenters. The molecular formula is C15H13ClN4O3. The van der Waals surface area contributed by atoms with Crippen molar-refractivity contribution in [2.24, 2.45) is 5.73 Å². The molecule has 1 aromatic heterocycles. The molecule has 0 saturated heterocycles. The van der Waals surface area contributed by atoms with E-state index >= 15 is 0 Å². The zero-order valence-electron chi connectivity index (χ0n) is 11.9. The molecular weight excluding hydrogens is 320 g/mol. The minimum atomic E-state index is -0.641. The van der Waals surface area contributed by atoms with E-state index in [-0.39, 0.29) is 23.2 Å². The second-order valence-electron chi connectivity index (χ2n) is 4.55. The molecule has 0 bridgehead atoms. The zero-order chi connectivity index (χ0) is 16.8. The lowest BCUT2D eigenvalue weighted by atomic mass is 10.1. The van der Waals surface area contributed by atoms with E-state index < -0.39 is 11.8 Å². The predicted octanol–water partition coefficient (Wildman–Crippen LogP) is 1.20. The lowest BCUT2D eigenvalue weighted by molar-refractivity contribution is -0.117. The minimum absolute atomic E-state index is 0.206. The van der Waals surface area contributed by atoms with Gasteiger partial charge in [-0.15, -0.1) is 0 Å². The molecule has 23 heavy (non-hydrogen) atoms. The van der Waals surface area contributed by atoms with Crippen LogP contribution >= 0.6 is 11.6 Å². The first-order valence-electron chi connectivity index (χ1n) is 6.55. The van der Waals surface area contributed by atoms with E-state index in [1.165, 1.54) is 24.4 Å². The van der Waals surface area contributed by atoms with Crippen molar-refractivity contribution in [1.29, 1.82) is 0 Å². The maximum atomic E-state index is 12.1. The normalized spacial score (nSPS) is 9.96. The van der Waals surface area contributed by atoms with Crippen LogP contribution in [0.25, 0.3) is 0 Å². The van der Waals surface area contributed by atoms with Gasteiger partial charge in [-0.25, -0.2) is 4.98 Å². The average Bonchev–Trinajstić information content (AvgIpc) is 2.52. The van der Waals surface area contributed by atoms with Crippen molar-refractivity contribution in [2.45, 2.75) is 0 Å². The third kappa shape index (κ3) is 4.79. The molecule has 7 nitrogen and oxygen atoms in total. The fourth-order valence-electron chi connectivity index (χ4n) is 1.75. The molecule has 1 heterocycles. The molecule has 118 valence electrons. The first kappa shape index (κ1) is 16.4. The summed E-state index contributed by atoms with van der Waals surface area (Å²) >= 11 is 5.74. The molecule has 0 saturated carbocycles. The van der Waals surface area contributed by atoms with Crippen LogP contribution in [0.5, 0.6) is 0 Å². The van der Waals surface area contributed by atoms with Gasteiger partial charge in [0.05, 0.1) is 6.54 Å². The lowest BCUT2D eigenvalue weighted by Gasteiger charge is -2.08. The Kier molecular flexibility index (Phi) is 5.27. The molecule has 3 amide bonds. The van der Waals surface area contributed by atoms with Crippen LogP contribution in [0.15, 0.2) is 42.6 Å². The Hall–Kier alpha value is -2.93. The van der Waals surface area contributed by atoms with Gasteiger partial charge in [-0.3, -0.25) is 14.4 Å². The van der Waals surface area contributed by atoms with Crippen molar-refractivity contribution in [2.75, 3.05) is 11.9 Å². The number of aromatic nitrogens is 1. The van der Waals surface area contributed by atoms with Gasteiger partial charge in [0.15, 0.2) is 0 Å². The van der Waals surface area contributed by atoms with Gasteiger partial charge in [0, 0.05) is 23.0 Å². The highest BCUT2D eigenvalue weighted by Gasteiger charge is 2.10. The van der Waals surface area contributed by atoms with Crippen molar-refractivity contribution in [3.63, 3.8) is 0 Å². The van der Waals surface area contributed by atoms with Crippen molar-refractivity contribution < 1.29 is 14.4 Å². The third-order valence-electron chi connectivity index (χ3n) is 2.79. The van der Waals surface area contributed by atoms with E-state index in [0.29, 0.717) is 11.3 Å². The summed E-state index contributed by atoms with van der Waals surface area (Å²) in [5.41, 5.74) is 6.02. The number of amides is 3. The molecule has 8 heteroatoms. The van der Waals surface area contributed by atoms with Crippen LogP contribution in [-0.4, -0.2) is 29.3 Å². The molecule has 2 aromatic rings. The van der Waals surface area contributed by atoms with Gasteiger partial charge in [0.25, 0.3) is 11.8 Å². The summed E-state index contributed by atoms with van der Waals surface area (Å²) in [5.74, 6) is -1.49. The van der Waals surface area contributed by atoms with Crippen molar-refractivity contribution in [1.82, 2.24) is 10.3 Å². The molecule has 0 fully saturated rings. The number of carbonyl (C=O) groups is 3. The molecule has 0 unspecified atom stereocenters. The van der Waals surface area contributed by atoms with Crippen molar-refractivity contribution in [3.8, 4) is 0 Å². The number of nitrogens with one attached hydrogen (secondary N) is 2. The van der Waals surface area contributed by atoms with Gasteiger partial charge < -0.3 is 16.4 Å². The summed E-state index contributed by atoms with van der Waals surface area (Å²) in [5, 5.41) is 5.22. The second kappa shape index (κ2) is 7.37. The van der Waals surface area contributed by atoms with E-state index in [9.17, 15) is 14.4 Å². The Morgan fingerprint density at radius 1 is 1.09 bits per heavy atom. The third-order valence-corrected chi connectivity index (χ3v) is 3.00. The standard InChI is InChI=1S/C15H13ClN4O3/c16-12-7-10(4-5-18-12)15(23)20-11-3-1-2-9(6-11)14(22)19-8-13(17)21/h1-7H,8H2,(H2,17,21)(H,19,22)(H,20,23). The highest BCUT2D eigenvalue weighted by molar-refractivity contribution is 6.29. The Morgan fingerprint density at radius 3 is 2.52 bits per heavy atom. The Balaban J connectivity index is 2.09. The lowest BCUT2D eigenvalue weighted by Crippen LogP contribution is -2.33. The number of carbonyl (C=O) groups excluding carboxylic acids is 3. The van der Waals surface area contributed by atoms with E-state index in [1.54, 1.807) is 18.2 Å². The number of hydrogen-bond acceptors (Lipinski definition) is 4. The van der Waals surface area contributed by atoms with Crippen molar-refractivity contribution >= 4 is 35.0 Å². The van der Waals surface area contributed by atoms with E-state index in [1.807, 2.05) is 0 Å². The Labute approximate surface area is 136 Å². The van der Waals surface area contributed by atoms with Gasteiger partial charge >= 0.3 is 0 Å². The van der Waals surface area contributed by atoms with E-state index in [0.717, 1.165) is 0 Å². The quantitative estimate of drug-likeness (QED) is 0.714. The van der Waals surface area contributed by atoms with Crippen LogP contribution in [0.4, 0.5) is 5.69 Å². The SMILES string of the molecule is NC(=O)CNC(=O)c1cccc(NC(=O)c2ccnc(Cl)c2)c1. The number of hydrogen-bond donors (Lipinski definition) is 3. The number of anilines is 1. The van der Waals surface area contributed by atoms with Crippen LogP contribution in [0.2, 0.25) is 5.15 Å². The van der Waals surface area contributed by atoms with Gasteiger partial charge in [0.1, 0.15) is 5.15 Å². The summed E-state index contributed by atoms with van der Waals surface area (Å²) < 4.78 is 0. The van der Waals surface area contributed by atoms with Gasteiger partial charge in [-0.1, -0.05) is 17.7 Å². The van der Waals surface area contributed by atoms with Gasteiger partial charge in [-0.05, 0) is 30.3 Å². The van der Waals surface area contributed by atoms with Crippen LogP contribution in [0.1, 0.15) is 20.7 Å². The molecule has 0 aliphatic carbocycles. The summed E-state index contributed by atoms with van der Waals surface area (Å²) in [6.07, 6.45) is 1.42. The van der Waals surface area contributed by atoms with Crippen LogP contribution in [-0.2, 0) is 4.79 Å². The summed E-state index contributed by atoms with van der Waals surface area (Å²) in [4.78, 5) is 38.4. The number of pyridine rings is 1. The second-order valence-corrected chi connectivity index (χ2v) is 4.94. The monoisotopic (exact) mass is 332 g/mol. The molecule has 0 aliphatic heterocycles. The summed E-state index contributed by atoms with van der Waals surface area (Å²) in [6, 6.07) is 9.22. The number of primary amides is 1. The van der Waals surface area contributed by atoms with E-state index in [4.69, 9.17) is 17.3 Å². The maximum absolute atomic E-state index is 12.1. The number of nitrogens with zero attached hydrogens (tertiary/aromatic N) is 1. The van der Waals surface area contributed by atoms with Crippen LogP contribution in [0, 0.1) is 0 Å². The maximum Gasteiger partial charge on any atom is 0.255 e. The molecule has 4 N–H and O–H groups in total. The Morgan fingerprint density at radius 2 is 1.83 bits per heavy atom. The first-order valence-corrected chi connectivity index (χ1v) is 6.93. The largest absolute Gasteiger partial charge is 0.368 e. The topological polar surface area (TPSA) is 114 Å². The first-order chi connectivity index (χ1) is 11.0. The zero-order valence-corrected chi connectivity index (χ0v) is 12.6. The highest BCUT2D eigenvalue weighted by atomic mass is 35.5. The fraction of sp³-hybridized carbons (Fsp3) is 0.0667. The number of halogens is 1. The predicted molar refractivity (Wildman–Crippen MR) is 85.2 cm³/mol. The van der Waals surface area contributed by atoms with E-state index in [2.05, 4.69) is 15.6 Å². The molecule has 0 aliphatic rings. The van der Waals surface area contributed by atoms with Gasteiger partial charge in [0.2, 0.25) is 5.91 Å². The molecule has 1 aromatic carbocycles. The Bertz CT molecular complexity index is 764. The molecule has 2 rings (SSSR count). The smallest absolute Gasteiger partial charge is 0.255 e. The average molecular weight is 333 g/mol. The number of benzene rings is 1. The highest BCUT2D eigenvalue weighted by Crippen LogP contribution is 2.13. The van der Waals surface area contributed by atoms with Gasteiger partial charge in [-0.2, -0.15) is 0 Å². The number of nitrogens with two attached hydrogens (primary N) is 1. The molecule has 0 spiro atoms. The fourth-order valence-corrected chi connectivity index (χ4v) is 1.93.